The van der Waals surface area contributed by atoms with Gasteiger partial charge in [-0.05, 0) is 30.9 Å². The smallest absolute Gasteiger partial charge is 0.337 e. The van der Waals surface area contributed by atoms with Gasteiger partial charge in [0.2, 0.25) is 0 Å². The Bertz CT molecular complexity index is 403. The molecule has 2 N–H and O–H groups in total. The molecule has 1 saturated carbocycles. The molecule has 0 unspecified atom stereocenters. The molecule has 0 aliphatic heterocycles. The number of benzene rings is 1. The van der Waals surface area contributed by atoms with Crippen LogP contribution in [-0.2, 0) is 0 Å². The lowest BCUT2D eigenvalue weighted by molar-refractivity contribution is 0.0698. The first kappa shape index (κ1) is 12.0. The van der Waals surface area contributed by atoms with Crippen LogP contribution in [0, 0.1) is 5.92 Å². The van der Waals surface area contributed by atoms with Crippen LogP contribution in [-0.4, -0.2) is 17.1 Å². The van der Waals surface area contributed by atoms with E-state index in [1.807, 2.05) is 12.1 Å². The topological polar surface area (TPSA) is 49.3 Å². The van der Waals surface area contributed by atoms with Gasteiger partial charge >= 0.3 is 5.97 Å². The molecule has 0 heterocycles. The minimum Gasteiger partial charge on any atom is -0.478 e. The van der Waals surface area contributed by atoms with Gasteiger partial charge in [-0.25, -0.2) is 4.79 Å². The van der Waals surface area contributed by atoms with Crippen molar-refractivity contribution >= 4 is 11.7 Å². The number of carboxylic acid groups (broad SMARTS) is 1. The first-order valence-electron chi connectivity index (χ1n) is 6.25. The van der Waals surface area contributed by atoms with Crippen LogP contribution in [0.2, 0.25) is 0 Å². The average molecular weight is 233 g/mol. The third kappa shape index (κ3) is 2.99. The highest BCUT2D eigenvalue weighted by Crippen LogP contribution is 2.27. The molecule has 0 spiro atoms. The fraction of sp³-hybridized carbons (Fsp3) is 0.500. The van der Waals surface area contributed by atoms with Gasteiger partial charge in [-0.2, -0.15) is 0 Å². The number of hydrogen-bond donors (Lipinski definition) is 2. The number of rotatable bonds is 3. The van der Waals surface area contributed by atoms with Crippen molar-refractivity contribution in [3.63, 3.8) is 0 Å². The van der Waals surface area contributed by atoms with Gasteiger partial charge in [-0.15, -0.1) is 0 Å². The molecule has 2 atom stereocenters. The molecule has 1 aliphatic carbocycles. The number of anilines is 1. The van der Waals surface area contributed by atoms with Crippen molar-refractivity contribution < 1.29 is 9.90 Å². The Morgan fingerprint density at radius 2 is 2.12 bits per heavy atom. The number of carboxylic acids is 1. The van der Waals surface area contributed by atoms with Gasteiger partial charge in [0.25, 0.3) is 0 Å². The molecular weight excluding hydrogens is 214 g/mol. The summed E-state index contributed by atoms with van der Waals surface area (Å²) in [4.78, 5) is 11.1. The average Bonchev–Trinajstić information content (AvgIpc) is 2.29. The molecule has 0 saturated heterocycles. The molecule has 1 aromatic rings. The third-order valence-electron chi connectivity index (χ3n) is 3.45. The number of hydrogen-bond acceptors (Lipinski definition) is 2. The molecule has 3 nitrogen and oxygen atoms in total. The van der Waals surface area contributed by atoms with Crippen molar-refractivity contribution in [2.24, 2.45) is 5.92 Å². The minimum absolute atomic E-state index is 0.366. The van der Waals surface area contributed by atoms with E-state index in [1.165, 1.54) is 12.8 Å². The molecule has 0 bridgehead atoms. The van der Waals surface area contributed by atoms with Gasteiger partial charge in [0.05, 0.1) is 5.56 Å². The van der Waals surface area contributed by atoms with Crippen LogP contribution in [0.5, 0.6) is 0 Å². The first-order chi connectivity index (χ1) is 8.16. The van der Waals surface area contributed by atoms with E-state index in [4.69, 9.17) is 5.11 Å². The SMILES string of the molecule is C[C@@H]1CCC[C@H](Nc2ccccc2C(=O)O)C1. The molecule has 0 aromatic heterocycles. The van der Waals surface area contributed by atoms with Crippen LogP contribution in [0.15, 0.2) is 24.3 Å². The number of aromatic carboxylic acids is 1. The Kier molecular flexibility index (Phi) is 3.67. The fourth-order valence-electron chi connectivity index (χ4n) is 2.58. The molecule has 0 radical (unpaired) electrons. The summed E-state index contributed by atoms with van der Waals surface area (Å²) in [5.74, 6) is -0.129. The zero-order chi connectivity index (χ0) is 12.3. The summed E-state index contributed by atoms with van der Waals surface area (Å²) >= 11 is 0. The second-order valence-electron chi connectivity index (χ2n) is 4.96. The first-order valence-corrected chi connectivity index (χ1v) is 6.25. The normalized spacial score (nSPS) is 24.3. The lowest BCUT2D eigenvalue weighted by atomic mass is 9.87. The van der Waals surface area contributed by atoms with E-state index in [0.29, 0.717) is 11.6 Å². The minimum atomic E-state index is -0.864. The van der Waals surface area contributed by atoms with E-state index in [0.717, 1.165) is 24.4 Å². The van der Waals surface area contributed by atoms with Crippen molar-refractivity contribution in [3.8, 4) is 0 Å². The number of nitrogens with one attached hydrogen (secondary N) is 1. The van der Waals surface area contributed by atoms with Crippen molar-refractivity contribution in [2.45, 2.75) is 38.6 Å². The van der Waals surface area contributed by atoms with Gasteiger partial charge in [0.15, 0.2) is 0 Å². The van der Waals surface area contributed by atoms with Crippen LogP contribution in [0.4, 0.5) is 5.69 Å². The number of carbonyl (C=O) groups is 1. The van der Waals surface area contributed by atoms with Gasteiger partial charge in [0.1, 0.15) is 0 Å². The van der Waals surface area contributed by atoms with Crippen molar-refractivity contribution in [1.29, 1.82) is 0 Å². The lowest BCUT2D eigenvalue weighted by Gasteiger charge is -2.28. The van der Waals surface area contributed by atoms with Crippen molar-refractivity contribution in [2.75, 3.05) is 5.32 Å². The highest BCUT2D eigenvalue weighted by molar-refractivity contribution is 5.94. The van der Waals surface area contributed by atoms with Crippen LogP contribution in [0.25, 0.3) is 0 Å². The zero-order valence-electron chi connectivity index (χ0n) is 10.1. The summed E-state index contributed by atoms with van der Waals surface area (Å²) in [6.45, 7) is 2.26. The summed E-state index contributed by atoms with van der Waals surface area (Å²) < 4.78 is 0. The Hall–Kier alpha value is -1.51. The van der Waals surface area contributed by atoms with E-state index in [2.05, 4.69) is 12.2 Å². The summed E-state index contributed by atoms with van der Waals surface area (Å²) in [6.07, 6.45) is 4.79. The molecule has 0 amide bonds. The zero-order valence-corrected chi connectivity index (χ0v) is 10.1. The molecule has 1 aliphatic rings. The standard InChI is InChI=1S/C14H19NO2/c1-10-5-4-6-11(9-10)15-13-8-3-2-7-12(13)14(16)17/h2-3,7-8,10-11,15H,4-6,9H2,1H3,(H,16,17)/t10-,11+/m1/s1. The lowest BCUT2D eigenvalue weighted by Crippen LogP contribution is -2.27. The Morgan fingerprint density at radius 3 is 2.82 bits per heavy atom. The van der Waals surface area contributed by atoms with Crippen LogP contribution >= 0.6 is 0 Å². The van der Waals surface area contributed by atoms with Gasteiger partial charge in [-0.3, -0.25) is 0 Å². The predicted octanol–water partition coefficient (Wildman–Crippen LogP) is 3.38. The molecule has 17 heavy (non-hydrogen) atoms. The number of para-hydroxylation sites is 1. The largest absolute Gasteiger partial charge is 0.478 e. The molecule has 1 aromatic carbocycles. The van der Waals surface area contributed by atoms with Crippen LogP contribution in [0.3, 0.4) is 0 Å². The second-order valence-corrected chi connectivity index (χ2v) is 4.96. The quantitative estimate of drug-likeness (QED) is 0.841. The van der Waals surface area contributed by atoms with Crippen LogP contribution < -0.4 is 5.32 Å². The molecule has 2 rings (SSSR count). The summed E-state index contributed by atoms with van der Waals surface area (Å²) in [7, 11) is 0. The predicted molar refractivity (Wildman–Crippen MR) is 68.4 cm³/mol. The Balaban J connectivity index is 2.10. The maximum absolute atomic E-state index is 11.1. The van der Waals surface area contributed by atoms with Gasteiger partial charge in [-0.1, -0.05) is 31.9 Å². The van der Waals surface area contributed by atoms with Crippen molar-refractivity contribution in [1.82, 2.24) is 0 Å². The maximum atomic E-state index is 11.1. The molecule has 1 fully saturated rings. The van der Waals surface area contributed by atoms with Gasteiger partial charge in [0, 0.05) is 11.7 Å². The monoisotopic (exact) mass is 233 g/mol. The molecule has 3 heteroatoms. The highest BCUT2D eigenvalue weighted by Gasteiger charge is 2.20. The second kappa shape index (κ2) is 5.21. The molecule has 92 valence electrons. The third-order valence-corrected chi connectivity index (χ3v) is 3.45. The van der Waals surface area contributed by atoms with E-state index in [1.54, 1.807) is 12.1 Å². The maximum Gasteiger partial charge on any atom is 0.337 e. The highest BCUT2D eigenvalue weighted by atomic mass is 16.4. The summed E-state index contributed by atoms with van der Waals surface area (Å²) in [5, 5.41) is 12.5. The van der Waals surface area contributed by atoms with Crippen molar-refractivity contribution in [3.05, 3.63) is 29.8 Å². The Morgan fingerprint density at radius 1 is 1.35 bits per heavy atom. The van der Waals surface area contributed by atoms with E-state index in [9.17, 15) is 4.79 Å². The molecular formula is C14H19NO2. The van der Waals surface area contributed by atoms with Crippen LogP contribution in [0.1, 0.15) is 43.0 Å². The Labute approximate surface area is 102 Å². The van der Waals surface area contributed by atoms with E-state index in [-0.39, 0.29) is 0 Å². The van der Waals surface area contributed by atoms with E-state index < -0.39 is 5.97 Å². The van der Waals surface area contributed by atoms with Gasteiger partial charge < -0.3 is 10.4 Å². The summed E-state index contributed by atoms with van der Waals surface area (Å²) in [6, 6.07) is 7.55. The fourth-order valence-corrected chi connectivity index (χ4v) is 2.58. The van der Waals surface area contributed by atoms with E-state index >= 15 is 0 Å². The summed E-state index contributed by atoms with van der Waals surface area (Å²) in [5.41, 5.74) is 1.12.